The molecule has 4 rings (SSSR count). The molecule has 1 aliphatic rings. The smallest absolute Gasteiger partial charge is 0.119 e. The number of nitrogens with one attached hydrogen (secondary N) is 1. The van der Waals surface area contributed by atoms with Crippen molar-refractivity contribution < 1.29 is 4.74 Å². The van der Waals surface area contributed by atoms with E-state index < -0.39 is 0 Å². The van der Waals surface area contributed by atoms with E-state index in [1.807, 2.05) is 30.3 Å². The zero-order valence-corrected chi connectivity index (χ0v) is 14.7. The van der Waals surface area contributed by atoms with Gasteiger partial charge < -0.3 is 14.6 Å². The Labute approximate surface area is 149 Å². The third-order valence-corrected chi connectivity index (χ3v) is 5.04. The van der Waals surface area contributed by atoms with Crippen molar-refractivity contribution in [3.05, 3.63) is 65.9 Å². The molecule has 1 N–H and O–H groups in total. The summed E-state index contributed by atoms with van der Waals surface area (Å²) < 4.78 is 8.26. The van der Waals surface area contributed by atoms with E-state index >= 15 is 0 Å². The van der Waals surface area contributed by atoms with Crippen LogP contribution >= 0.6 is 0 Å². The van der Waals surface area contributed by atoms with E-state index in [2.05, 4.69) is 34.3 Å². The molecule has 0 unspecified atom stereocenters. The Balaban J connectivity index is 1.48. The lowest BCUT2D eigenvalue weighted by atomic mass is 9.96. The van der Waals surface area contributed by atoms with E-state index in [9.17, 15) is 0 Å². The summed E-state index contributed by atoms with van der Waals surface area (Å²) in [5.41, 5.74) is 4.51. The first-order valence-electron chi connectivity index (χ1n) is 9.40. The highest BCUT2D eigenvalue weighted by atomic mass is 16.5. The van der Waals surface area contributed by atoms with Crippen LogP contribution in [0.1, 0.15) is 24.0 Å². The number of fused-ring (bicyclic) bond motifs is 3. The monoisotopic (exact) mass is 334 g/mol. The van der Waals surface area contributed by atoms with E-state index in [1.165, 1.54) is 29.3 Å². The summed E-state index contributed by atoms with van der Waals surface area (Å²) in [5.74, 6) is 0.955. The quantitative estimate of drug-likeness (QED) is 0.708. The van der Waals surface area contributed by atoms with Gasteiger partial charge in [-0.3, -0.25) is 0 Å². The maximum Gasteiger partial charge on any atom is 0.119 e. The third-order valence-electron chi connectivity index (χ3n) is 5.04. The topological polar surface area (TPSA) is 26.2 Å². The maximum atomic E-state index is 5.84. The minimum Gasteiger partial charge on any atom is -0.494 e. The molecular formula is C22H26N2O. The number of aryl methyl sites for hydroxylation is 2. The van der Waals surface area contributed by atoms with E-state index in [0.29, 0.717) is 0 Å². The van der Waals surface area contributed by atoms with Crippen molar-refractivity contribution in [3.8, 4) is 5.75 Å². The summed E-state index contributed by atoms with van der Waals surface area (Å²) in [6.07, 6.45) is 6.78. The molecule has 0 aliphatic carbocycles. The molecule has 0 saturated heterocycles. The number of hydrogen-bond donors (Lipinski definition) is 1. The molecule has 3 nitrogen and oxygen atoms in total. The number of benzene rings is 2. The lowest BCUT2D eigenvalue weighted by Gasteiger charge is -2.18. The Kier molecular flexibility index (Phi) is 5.03. The summed E-state index contributed by atoms with van der Waals surface area (Å²) in [4.78, 5) is 0. The summed E-state index contributed by atoms with van der Waals surface area (Å²) in [6, 6.07) is 17.0. The van der Waals surface area contributed by atoms with E-state index in [4.69, 9.17) is 4.74 Å². The van der Waals surface area contributed by atoms with E-state index in [1.54, 1.807) is 5.56 Å². The first-order chi connectivity index (χ1) is 12.4. The van der Waals surface area contributed by atoms with Crippen molar-refractivity contribution in [2.24, 2.45) is 0 Å². The van der Waals surface area contributed by atoms with Crippen LogP contribution in [0.2, 0.25) is 0 Å². The maximum absolute atomic E-state index is 5.84. The van der Waals surface area contributed by atoms with E-state index in [0.717, 1.165) is 44.8 Å². The van der Waals surface area contributed by atoms with Gasteiger partial charge in [-0.25, -0.2) is 0 Å². The number of hydrogen-bond acceptors (Lipinski definition) is 2. The molecule has 25 heavy (non-hydrogen) atoms. The molecule has 0 atom stereocenters. The van der Waals surface area contributed by atoms with Gasteiger partial charge in [-0.05, 0) is 73.5 Å². The van der Waals surface area contributed by atoms with Crippen LogP contribution in [0.25, 0.3) is 10.9 Å². The highest BCUT2D eigenvalue weighted by Crippen LogP contribution is 2.26. The zero-order valence-electron chi connectivity index (χ0n) is 14.7. The van der Waals surface area contributed by atoms with Gasteiger partial charge in [0.15, 0.2) is 0 Å². The Morgan fingerprint density at radius 1 is 0.960 bits per heavy atom. The van der Waals surface area contributed by atoms with Gasteiger partial charge in [0.2, 0.25) is 0 Å². The molecule has 0 saturated carbocycles. The van der Waals surface area contributed by atoms with Crippen LogP contribution in [-0.4, -0.2) is 24.3 Å². The van der Waals surface area contributed by atoms with Crippen LogP contribution in [0.3, 0.4) is 0 Å². The van der Waals surface area contributed by atoms with Crippen LogP contribution in [-0.2, 0) is 19.4 Å². The average molecular weight is 334 g/mol. The zero-order chi connectivity index (χ0) is 16.9. The van der Waals surface area contributed by atoms with Crippen LogP contribution in [0.5, 0.6) is 5.75 Å². The average Bonchev–Trinajstić information content (AvgIpc) is 3.03. The summed E-state index contributed by atoms with van der Waals surface area (Å²) in [5, 5.41) is 4.91. The van der Waals surface area contributed by atoms with Crippen LogP contribution in [0, 0.1) is 0 Å². The fourth-order valence-electron chi connectivity index (χ4n) is 3.80. The van der Waals surface area contributed by atoms with Gasteiger partial charge in [0, 0.05) is 12.7 Å². The molecule has 0 amide bonds. The minimum atomic E-state index is 0.750. The predicted octanol–water partition coefficient (Wildman–Crippen LogP) is 4.19. The van der Waals surface area contributed by atoms with Crippen molar-refractivity contribution in [2.75, 3.05) is 19.7 Å². The van der Waals surface area contributed by atoms with Gasteiger partial charge in [0.05, 0.1) is 12.1 Å². The fourth-order valence-corrected chi connectivity index (χ4v) is 3.80. The fraction of sp³-hybridized carbons (Fsp3) is 0.364. The summed E-state index contributed by atoms with van der Waals surface area (Å²) in [6.45, 7) is 3.96. The molecule has 0 fully saturated rings. The SMILES string of the molecule is c1ccc(OCCCn2ccc3ccc4c(c32)CCNCCC4)cc1. The normalized spacial score (nSPS) is 14.7. The second-order valence-electron chi connectivity index (χ2n) is 6.77. The molecule has 2 heterocycles. The molecule has 3 aromatic rings. The first-order valence-corrected chi connectivity index (χ1v) is 9.40. The lowest BCUT2D eigenvalue weighted by Crippen LogP contribution is -2.22. The summed E-state index contributed by atoms with van der Waals surface area (Å²) >= 11 is 0. The van der Waals surface area contributed by atoms with Gasteiger partial charge in [-0.1, -0.05) is 30.3 Å². The molecule has 0 radical (unpaired) electrons. The van der Waals surface area contributed by atoms with Crippen LogP contribution < -0.4 is 10.1 Å². The van der Waals surface area contributed by atoms with Crippen molar-refractivity contribution in [1.82, 2.24) is 9.88 Å². The number of rotatable bonds is 5. The number of aromatic nitrogens is 1. The van der Waals surface area contributed by atoms with Gasteiger partial charge in [-0.15, -0.1) is 0 Å². The minimum absolute atomic E-state index is 0.750. The molecular weight excluding hydrogens is 308 g/mol. The standard InChI is InChI=1S/C22H26N2O/c1-2-7-20(8-3-1)25-17-5-15-24-16-12-19-10-9-18-6-4-13-23-14-11-21(18)22(19)24/h1-3,7-10,12,16,23H,4-6,11,13-15,17H2. The second kappa shape index (κ2) is 7.75. The van der Waals surface area contributed by atoms with Crippen LogP contribution in [0.4, 0.5) is 0 Å². The molecule has 0 bridgehead atoms. The van der Waals surface area contributed by atoms with E-state index in [-0.39, 0.29) is 0 Å². The lowest BCUT2D eigenvalue weighted by molar-refractivity contribution is 0.302. The summed E-state index contributed by atoms with van der Waals surface area (Å²) in [7, 11) is 0. The molecule has 130 valence electrons. The number of nitrogens with zero attached hydrogens (tertiary/aromatic N) is 1. The molecule has 2 aromatic carbocycles. The van der Waals surface area contributed by atoms with Gasteiger partial charge >= 0.3 is 0 Å². The number of para-hydroxylation sites is 1. The van der Waals surface area contributed by atoms with Crippen molar-refractivity contribution in [3.63, 3.8) is 0 Å². The number of ether oxygens (including phenoxy) is 1. The third kappa shape index (κ3) is 3.72. The highest BCUT2D eigenvalue weighted by Gasteiger charge is 2.13. The van der Waals surface area contributed by atoms with Crippen molar-refractivity contribution >= 4 is 10.9 Å². The Morgan fingerprint density at radius 2 is 1.88 bits per heavy atom. The molecule has 1 aromatic heterocycles. The Morgan fingerprint density at radius 3 is 2.80 bits per heavy atom. The largest absolute Gasteiger partial charge is 0.494 e. The van der Waals surface area contributed by atoms with Crippen LogP contribution in [0.15, 0.2) is 54.7 Å². The van der Waals surface area contributed by atoms with Gasteiger partial charge in [0.1, 0.15) is 5.75 Å². The molecule has 0 spiro atoms. The Hall–Kier alpha value is -2.26. The first kappa shape index (κ1) is 16.2. The molecule has 3 heteroatoms. The Bertz CT molecular complexity index is 823. The van der Waals surface area contributed by atoms with Gasteiger partial charge in [0.25, 0.3) is 0 Å². The highest BCUT2D eigenvalue weighted by molar-refractivity contribution is 5.84. The van der Waals surface area contributed by atoms with Gasteiger partial charge in [-0.2, -0.15) is 0 Å². The van der Waals surface area contributed by atoms with Crippen molar-refractivity contribution in [1.29, 1.82) is 0 Å². The predicted molar refractivity (Wildman–Crippen MR) is 103 cm³/mol. The second-order valence-corrected chi connectivity index (χ2v) is 6.77. The van der Waals surface area contributed by atoms with Crippen molar-refractivity contribution in [2.45, 2.75) is 32.2 Å². The molecule has 1 aliphatic heterocycles.